The van der Waals surface area contributed by atoms with Gasteiger partial charge < -0.3 is 15.9 Å². The molecule has 2 atom stereocenters. The van der Waals surface area contributed by atoms with Gasteiger partial charge in [0.25, 0.3) is 0 Å². The van der Waals surface area contributed by atoms with Gasteiger partial charge in [0.2, 0.25) is 0 Å². The van der Waals surface area contributed by atoms with Crippen LogP contribution in [0.1, 0.15) is 12.0 Å². The van der Waals surface area contributed by atoms with Crippen LogP contribution in [0.2, 0.25) is 0 Å². The average Bonchev–Trinajstić information content (AvgIpc) is 2.44. The van der Waals surface area contributed by atoms with Crippen LogP contribution in [-0.4, -0.2) is 34.4 Å². The summed E-state index contributed by atoms with van der Waals surface area (Å²) in [6.07, 6.45) is -0.197. The highest BCUT2D eigenvalue weighted by Crippen LogP contribution is 2.23. The van der Waals surface area contributed by atoms with Crippen LogP contribution >= 0.6 is 11.8 Å². The lowest BCUT2D eigenvalue weighted by molar-refractivity contribution is 0.113. The molecule has 4 N–H and O–H groups in total. The summed E-state index contributed by atoms with van der Waals surface area (Å²) in [5.41, 5.74) is 5.90. The van der Waals surface area contributed by atoms with Crippen molar-refractivity contribution in [3.63, 3.8) is 0 Å². The molecule has 0 saturated carbocycles. The van der Waals surface area contributed by atoms with Gasteiger partial charge in [-0.15, -0.1) is 0 Å². The van der Waals surface area contributed by atoms with Crippen molar-refractivity contribution < 1.29 is 10.2 Å². The molecule has 1 rings (SSSR count). The van der Waals surface area contributed by atoms with Crippen LogP contribution in [0.4, 0.5) is 0 Å². The molecule has 0 aromatic heterocycles. The maximum Gasteiger partial charge on any atom is 0.130 e. The Morgan fingerprint density at radius 3 is 2.61 bits per heavy atom. The SMILES string of the molecule is N#CC(N)(CCSCC(O)CO)c1ccccc1. The predicted molar refractivity (Wildman–Crippen MR) is 73.0 cm³/mol. The molecule has 0 radical (unpaired) electrons. The van der Waals surface area contributed by atoms with Gasteiger partial charge in [-0.1, -0.05) is 30.3 Å². The third-order valence-electron chi connectivity index (χ3n) is 2.65. The van der Waals surface area contributed by atoms with E-state index in [1.54, 1.807) is 0 Å². The molecule has 18 heavy (non-hydrogen) atoms. The minimum absolute atomic E-state index is 0.238. The van der Waals surface area contributed by atoms with E-state index < -0.39 is 11.6 Å². The molecule has 0 aliphatic heterocycles. The molecular weight excluding hydrogens is 248 g/mol. The van der Waals surface area contributed by atoms with E-state index in [1.165, 1.54) is 11.8 Å². The van der Waals surface area contributed by atoms with Crippen molar-refractivity contribution in [1.82, 2.24) is 0 Å². The van der Waals surface area contributed by atoms with Gasteiger partial charge in [-0.05, 0) is 17.7 Å². The van der Waals surface area contributed by atoms with E-state index >= 15 is 0 Å². The van der Waals surface area contributed by atoms with Gasteiger partial charge in [0.1, 0.15) is 5.54 Å². The van der Waals surface area contributed by atoms with Gasteiger partial charge in [0.05, 0.1) is 18.8 Å². The number of nitrogens with zero attached hydrogens (tertiary/aromatic N) is 1. The summed E-state index contributed by atoms with van der Waals surface area (Å²) >= 11 is 1.48. The molecule has 4 nitrogen and oxygen atoms in total. The molecule has 0 heterocycles. The Kier molecular flexibility index (Phi) is 6.16. The number of nitrogens with two attached hydrogens (primary N) is 1. The van der Waals surface area contributed by atoms with Crippen molar-refractivity contribution in [1.29, 1.82) is 5.26 Å². The largest absolute Gasteiger partial charge is 0.394 e. The van der Waals surface area contributed by atoms with Crippen LogP contribution in [0.5, 0.6) is 0 Å². The molecule has 1 aromatic rings. The van der Waals surface area contributed by atoms with Gasteiger partial charge in [0, 0.05) is 5.75 Å². The zero-order chi connectivity index (χ0) is 13.4. The van der Waals surface area contributed by atoms with Crippen molar-refractivity contribution in [3.8, 4) is 6.07 Å². The molecule has 0 saturated heterocycles. The van der Waals surface area contributed by atoms with E-state index in [0.717, 1.165) is 5.56 Å². The van der Waals surface area contributed by atoms with Crippen molar-refractivity contribution in [3.05, 3.63) is 35.9 Å². The Balaban J connectivity index is 2.50. The molecule has 0 spiro atoms. The molecule has 98 valence electrons. The van der Waals surface area contributed by atoms with Crippen molar-refractivity contribution in [2.45, 2.75) is 18.1 Å². The topological polar surface area (TPSA) is 90.3 Å². The van der Waals surface area contributed by atoms with E-state index in [-0.39, 0.29) is 6.61 Å². The Bertz CT molecular complexity index is 394. The van der Waals surface area contributed by atoms with Gasteiger partial charge >= 0.3 is 0 Å². The second-order valence-corrected chi connectivity index (χ2v) is 5.26. The molecular formula is C13H18N2O2S. The Morgan fingerprint density at radius 2 is 2.06 bits per heavy atom. The summed E-state index contributed by atoms with van der Waals surface area (Å²) in [7, 11) is 0. The third-order valence-corrected chi connectivity index (χ3v) is 3.76. The first-order valence-electron chi connectivity index (χ1n) is 5.74. The fourth-order valence-corrected chi connectivity index (χ4v) is 2.52. The van der Waals surface area contributed by atoms with Gasteiger partial charge in [0.15, 0.2) is 0 Å². The second kappa shape index (κ2) is 7.39. The minimum Gasteiger partial charge on any atom is -0.394 e. The molecule has 1 aromatic carbocycles. The lowest BCUT2D eigenvalue weighted by Crippen LogP contribution is -2.35. The standard InChI is InChI=1S/C13H18N2O2S/c14-10-13(15,11-4-2-1-3-5-11)6-7-18-9-12(17)8-16/h1-5,12,16-17H,6-9,15H2. The molecule has 0 aliphatic rings. The maximum atomic E-state index is 9.22. The number of thioether (sulfide) groups is 1. The van der Waals surface area contributed by atoms with E-state index in [1.807, 2.05) is 30.3 Å². The number of hydrogen-bond donors (Lipinski definition) is 3. The third kappa shape index (κ3) is 4.31. The highest BCUT2D eigenvalue weighted by molar-refractivity contribution is 7.99. The zero-order valence-electron chi connectivity index (χ0n) is 10.1. The Labute approximate surface area is 111 Å². The fourth-order valence-electron chi connectivity index (χ4n) is 1.51. The fraction of sp³-hybridized carbons (Fsp3) is 0.462. The molecule has 0 aliphatic carbocycles. The summed E-state index contributed by atoms with van der Waals surface area (Å²) < 4.78 is 0. The molecule has 0 bridgehead atoms. The number of nitriles is 1. The number of aliphatic hydroxyl groups is 2. The molecule has 5 heteroatoms. The monoisotopic (exact) mass is 266 g/mol. The smallest absolute Gasteiger partial charge is 0.130 e. The lowest BCUT2D eigenvalue weighted by atomic mass is 9.90. The van der Waals surface area contributed by atoms with Crippen LogP contribution in [-0.2, 0) is 5.54 Å². The summed E-state index contributed by atoms with van der Waals surface area (Å²) in [5, 5.41) is 27.1. The summed E-state index contributed by atoms with van der Waals surface area (Å²) in [6, 6.07) is 11.4. The average molecular weight is 266 g/mol. The van der Waals surface area contributed by atoms with Crippen molar-refractivity contribution in [2.24, 2.45) is 5.73 Å². The number of rotatable bonds is 7. The summed E-state index contributed by atoms with van der Waals surface area (Å²) in [6.45, 7) is -0.238. The number of aliphatic hydroxyl groups excluding tert-OH is 2. The highest BCUT2D eigenvalue weighted by Gasteiger charge is 2.26. The first-order chi connectivity index (χ1) is 8.62. The Hall–Kier alpha value is -1.06. The van der Waals surface area contributed by atoms with Gasteiger partial charge in [-0.3, -0.25) is 0 Å². The van der Waals surface area contributed by atoms with E-state index in [2.05, 4.69) is 6.07 Å². The van der Waals surface area contributed by atoms with Crippen LogP contribution < -0.4 is 5.73 Å². The highest BCUT2D eigenvalue weighted by atomic mass is 32.2. The lowest BCUT2D eigenvalue weighted by Gasteiger charge is -2.21. The van der Waals surface area contributed by atoms with Crippen molar-refractivity contribution >= 4 is 11.8 Å². The summed E-state index contributed by atoms with van der Waals surface area (Å²) in [5.74, 6) is 1.11. The molecule has 0 fully saturated rings. The Morgan fingerprint density at radius 1 is 1.39 bits per heavy atom. The maximum absolute atomic E-state index is 9.22. The number of benzene rings is 1. The molecule has 0 amide bonds. The summed E-state index contributed by atoms with van der Waals surface area (Å²) in [4.78, 5) is 0. The minimum atomic E-state index is -0.988. The van der Waals surface area contributed by atoms with E-state index in [4.69, 9.17) is 10.8 Å². The van der Waals surface area contributed by atoms with E-state index in [9.17, 15) is 10.4 Å². The normalized spacial score (nSPS) is 15.7. The quantitative estimate of drug-likeness (QED) is 0.636. The van der Waals surface area contributed by atoms with Crippen LogP contribution in [0.15, 0.2) is 30.3 Å². The first kappa shape index (κ1) is 15.0. The number of hydrogen-bond acceptors (Lipinski definition) is 5. The van der Waals surface area contributed by atoms with E-state index in [0.29, 0.717) is 17.9 Å². The van der Waals surface area contributed by atoms with Gasteiger partial charge in [-0.25, -0.2) is 0 Å². The zero-order valence-corrected chi connectivity index (χ0v) is 10.9. The second-order valence-electron chi connectivity index (χ2n) is 4.11. The van der Waals surface area contributed by atoms with Crippen LogP contribution in [0.3, 0.4) is 0 Å². The van der Waals surface area contributed by atoms with Gasteiger partial charge in [-0.2, -0.15) is 17.0 Å². The molecule has 2 unspecified atom stereocenters. The van der Waals surface area contributed by atoms with Crippen molar-refractivity contribution in [2.75, 3.05) is 18.1 Å². The van der Waals surface area contributed by atoms with Crippen LogP contribution in [0, 0.1) is 11.3 Å². The first-order valence-corrected chi connectivity index (χ1v) is 6.90. The predicted octanol–water partition coefficient (Wildman–Crippen LogP) is 0.841. The van der Waals surface area contributed by atoms with Crippen LogP contribution in [0.25, 0.3) is 0 Å².